The molecule has 0 fully saturated rings. The van der Waals surface area contributed by atoms with Crippen LogP contribution >= 0.6 is 23.2 Å². The van der Waals surface area contributed by atoms with E-state index in [4.69, 9.17) is 27.9 Å². The van der Waals surface area contributed by atoms with Crippen molar-refractivity contribution in [2.24, 2.45) is 14.1 Å². The molecule has 1 aromatic carbocycles. The van der Waals surface area contributed by atoms with E-state index < -0.39 is 23.3 Å². The predicted octanol–water partition coefficient (Wildman–Crippen LogP) is 3.25. The molecular formula is C28H28Cl2N6O5. The van der Waals surface area contributed by atoms with E-state index >= 15 is 0 Å². The number of pyridine rings is 2. The second-order valence-electron chi connectivity index (χ2n) is 9.34. The van der Waals surface area contributed by atoms with Crippen LogP contribution in [0.4, 0.5) is 5.69 Å². The Kier molecular flexibility index (Phi) is 9.24. The summed E-state index contributed by atoms with van der Waals surface area (Å²) >= 11 is 13.3. The number of rotatable bonds is 9. The van der Waals surface area contributed by atoms with Gasteiger partial charge in [0, 0.05) is 68.0 Å². The molecule has 1 amide bonds. The number of methoxy groups -OCH3 is 1. The summed E-state index contributed by atoms with van der Waals surface area (Å²) in [6, 6.07) is 8.60. The molecule has 0 aliphatic heterocycles. The lowest BCUT2D eigenvalue weighted by Gasteiger charge is -2.14. The first-order valence-corrected chi connectivity index (χ1v) is 13.2. The molecule has 1 atom stereocenters. The molecule has 0 saturated heterocycles. The maximum Gasteiger partial charge on any atom is 0.330 e. The molecule has 41 heavy (non-hydrogen) atoms. The zero-order valence-electron chi connectivity index (χ0n) is 22.7. The van der Waals surface area contributed by atoms with Crippen molar-refractivity contribution in [3.05, 3.63) is 90.9 Å². The van der Waals surface area contributed by atoms with E-state index in [1.807, 2.05) is 6.07 Å². The quantitative estimate of drug-likeness (QED) is 0.267. The number of nitrogens with one attached hydrogen (secondary N) is 2. The maximum absolute atomic E-state index is 12.9. The van der Waals surface area contributed by atoms with Crippen molar-refractivity contribution in [2.75, 3.05) is 19.0 Å². The second-order valence-corrected chi connectivity index (χ2v) is 10.1. The highest BCUT2D eigenvalue weighted by atomic mass is 35.5. The molecule has 214 valence electrons. The number of carbonyl (C=O) groups excluding carboxylic acids is 1. The number of anilines is 1. The first-order valence-electron chi connectivity index (χ1n) is 12.5. The van der Waals surface area contributed by atoms with E-state index in [-0.39, 0.29) is 16.3 Å². The van der Waals surface area contributed by atoms with Gasteiger partial charge in [0.1, 0.15) is 5.56 Å². The topological polar surface area (TPSA) is 140 Å². The van der Waals surface area contributed by atoms with Crippen LogP contribution in [0, 0.1) is 0 Å². The second kappa shape index (κ2) is 12.6. The SMILES string of the molecule is COc1nc(-c2cncc(-c3cccc(NC(=O)c4cn(C)c(=O)n(C)c4=O)c3Cl)c2)cc(Cl)c1CNC[C@@H](C)O. The molecule has 0 aliphatic rings. The zero-order chi connectivity index (χ0) is 29.8. The van der Waals surface area contributed by atoms with Crippen molar-refractivity contribution in [3.63, 3.8) is 0 Å². The van der Waals surface area contributed by atoms with Gasteiger partial charge in [0.05, 0.1) is 34.6 Å². The maximum atomic E-state index is 12.9. The Morgan fingerprint density at radius 3 is 2.59 bits per heavy atom. The number of nitrogens with zero attached hydrogens (tertiary/aromatic N) is 4. The Bertz CT molecular complexity index is 1730. The van der Waals surface area contributed by atoms with Gasteiger partial charge in [-0.2, -0.15) is 0 Å². The van der Waals surface area contributed by atoms with E-state index in [0.29, 0.717) is 51.9 Å². The van der Waals surface area contributed by atoms with Gasteiger partial charge in [-0.05, 0) is 25.1 Å². The molecule has 3 heterocycles. The smallest absolute Gasteiger partial charge is 0.330 e. The normalized spacial score (nSPS) is 11.8. The van der Waals surface area contributed by atoms with E-state index in [1.54, 1.807) is 43.6 Å². The Morgan fingerprint density at radius 2 is 1.88 bits per heavy atom. The third-order valence-corrected chi connectivity index (χ3v) is 6.99. The van der Waals surface area contributed by atoms with Gasteiger partial charge < -0.3 is 25.0 Å². The van der Waals surface area contributed by atoms with Gasteiger partial charge in [-0.1, -0.05) is 35.3 Å². The van der Waals surface area contributed by atoms with Crippen LogP contribution < -0.4 is 26.6 Å². The van der Waals surface area contributed by atoms with Crippen LogP contribution in [0.3, 0.4) is 0 Å². The Hall–Kier alpha value is -4.03. The molecule has 0 unspecified atom stereocenters. The lowest BCUT2D eigenvalue weighted by atomic mass is 10.0. The van der Waals surface area contributed by atoms with Crippen LogP contribution in [0.2, 0.25) is 10.0 Å². The Labute approximate surface area is 245 Å². The molecule has 13 heteroatoms. The van der Waals surface area contributed by atoms with Crippen LogP contribution in [0.15, 0.2) is 58.5 Å². The van der Waals surface area contributed by atoms with E-state index in [0.717, 1.165) is 9.13 Å². The summed E-state index contributed by atoms with van der Waals surface area (Å²) in [6.45, 7) is 2.42. The summed E-state index contributed by atoms with van der Waals surface area (Å²) in [5.74, 6) is -0.371. The number of aryl methyl sites for hydroxylation is 1. The summed E-state index contributed by atoms with van der Waals surface area (Å²) in [5, 5.41) is 15.9. The number of aliphatic hydroxyl groups is 1. The highest BCUT2D eigenvalue weighted by Crippen LogP contribution is 2.36. The van der Waals surface area contributed by atoms with Crippen molar-refractivity contribution in [3.8, 4) is 28.3 Å². The van der Waals surface area contributed by atoms with Gasteiger partial charge >= 0.3 is 5.69 Å². The van der Waals surface area contributed by atoms with Crippen molar-refractivity contribution in [1.82, 2.24) is 24.4 Å². The lowest BCUT2D eigenvalue weighted by Crippen LogP contribution is -2.40. The minimum absolute atomic E-state index is 0.207. The largest absolute Gasteiger partial charge is 0.481 e. The van der Waals surface area contributed by atoms with Crippen molar-refractivity contribution >= 4 is 34.8 Å². The van der Waals surface area contributed by atoms with Gasteiger partial charge in [-0.25, -0.2) is 9.78 Å². The molecular weight excluding hydrogens is 571 g/mol. The van der Waals surface area contributed by atoms with E-state index in [9.17, 15) is 19.5 Å². The number of amides is 1. The third kappa shape index (κ3) is 6.49. The highest BCUT2D eigenvalue weighted by molar-refractivity contribution is 6.36. The van der Waals surface area contributed by atoms with Crippen LogP contribution in [0.1, 0.15) is 22.8 Å². The number of hydrogen-bond donors (Lipinski definition) is 3. The van der Waals surface area contributed by atoms with Crippen LogP contribution in [-0.2, 0) is 20.6 Å². The zero-order valence-corrected chi connectivity index (χ0v) is 24.2. The average Bonchev–Trinajstić information content (AvgIpc) is 2.95. The lowest BCUT2D eigenvalue weighted by molar-refractivity contribution is 0.102. The number of aromatic nitrogens is 4. The van der Waals surface area contributed by atoms with Gasteiger partial charge in [-0.3, -0.25) is 19.1 Å². The molecule has 0 aliphatic carbocycles. The number of carbonyl (C=O) groups is 1. The molecule has 0 radical (unpaired) electrons. The molecule has 4 aromatic rings. The minimum Gasteiger partial charge on any atom is -0.481 e. The number of halogens is 2. The fourth-order valence-corrected chi connectivity index (χ4v) is 4.67. The number of hydrogen-bond acceptors (Lipinski definition) is 8. The van der Waals surface area contributed by atoms with Crippen LogP contribution in [0.5, 0.6) is 5.88 Å². The van der Waals surface area contributed by atoms with Gasteiger partial charge in [0.25, 0.3) is 11.5 Å². The molecule has 0 spiro atoms. The molecule has 0 saturated carbocycles. The third-order valence-electron chi connectivity index (χ3n) is 6.25. The fourth-order valence-electron chi connectivity index (χ4n) is 4.13. The summed E-state index contributed by atoms with van der Waals surface area (Å²) < 4.78 is 7.49. The standard InChI is InChI=1S/C28H28Cl2N6O5/c1-15(37)10-31-13-19-21(29)9-23(34-26(19)41-4)17-8-16(11-32-12-17)18-6-5-7-22(24(18)30)33-25(38)20-14-35(2)28(40)36(3)27(20)39/h5-9,11-12,14-15,31,37H,10,13H2,1-4H3,(H,33,38)/t15-/m1/s1. The van der Waals surface area contributed by atoms with Crippen molar-refractivity contribution in [2.45, 2.75) is 19.6 Å². The first kappa shape index (κ1) is 29.9. The van der Waals surface area contributed by atoms with Crippen LogP contribution in [0.25, 0.3) is 22.4 Å². The molecule has 11 nitrogen and oxygen atoms in total. The molecule has 0 bridgehead atoms. The summed E-state index contributed by atoms with van der Waals surface area (Å²) in [4.78, 5) is 46.4. The minimum atomic E-state index is -0.721. The highest BCUT2D eigenvalue weighted by Gasteiger charge is 2.19. The van der Waals surface area contributed by atoms with Gasteiger partial charge in [0.15, 0.2) is 0 Å². The van der Waals surface area contributed by atoms with Crippen molar-refractivity contribution < 1.29 is 14.6 Å². The molecule has 4 rings (SSSR count). The van der Waals surface area contributed by atoms with Gasteiger partial charge in [0.2, 0.25) is 5.88 Å². The molecule has 3 aromatic heterocycles. The van der Waals surface area contributed by atoms with Crippen molar-refractivity contribution in [1.29, 1.82) is 0 Å². The summed E-state index contributed by atoms with van der Waals surface area (Å²) in [7, 11) is 4.25. The molecule has 3 N–H and O–H groups in total. The first-order chi connectivity index (χ1) is 19.5. The summed E-state index contributed by atoms with van der Waals surface area (Å²) in [6.07, 6.45) is 3.92. The Morgan fingerprint density at radius 1 is 1.15 bits per heavy atom. The van der Waals surface area contributed by atoms with E-state index in [2.05, 4.69) is 20.6 Å². The average molecular weight is 599 g/mol. The monoisotopic (exact) mass is 598 g/mol. The number of ether oxygens (including phenoxy) is 1. The fraction of sp³-hybridized carbons (Fsp3) is 0.250. The predicted molar refractivity (Wildman–Crippen MR) is 158 cm³/mol. The van der Waals surface area contributed by atoms with E-state index in [1.165, 1.54) is 27.4 Å². The number of benzene rings is 1. The Balaban J connectivity index is 1.65. The van der Waals surface area contributed by atoms with Gasteiger partial charge in [-0.15, -0.1) is 0 Å². The summed E-state index contributed by atoms with van der Waals surface area (Å²) in [5.41, 5.74) is 1.83. The van der Waals surface area contributed by atoms with Crippen LogP contribution in [-0.4, -0.2) is 49.9 Å². The number of aliphatic hydroxyl groups excluding tert-OH is 1.